The van der Waals surface area contributed by atoms with Gasteiger partial charge in [-0.25, -0.2) is 0 Å². The molecule has 110 valence electrons. The van der Waals surface area contributed by atoms with Crippen molar-refractivity contribution in [1.82, 2.24) is 5.32 Å². The molecule has 0 aliphatic heterocycles. The van der Waals surface area contributed by atoms with Gasteiger partial charge < -0.3 is 5.32 Å². The fraction of sp³-hybridized carbons (Fsp3) is 0.474. The molecule has 1 heterocycles. The van der Waals surface area contributed by atoms with Crippen molar-refractivity contribution in [2.75, 3.05) is 0 Å². The summed E-state index contributed by atoms with van der Waals surface area (Å²) < 4.78 is 0. The van der Waals surface area contributed by atoms with Crippen molar-refractivity contribution in [2.45, 2.75) is 57.0 Å². The minimum absolute atomic E-state index is 0.614. The second kappa shape index (κ2) is 5.58. The molecule has 1 aromatic heterocycles. The quantitative estimate of drug-likeness (QED) is 0.843. The van der Waals surface area contributed by atoms with E-state index < -0.39 is 0 Å². The Balaban J connectivity index is 1.39. The zero-order chi connectivity index (χ0) is 14.2. The van der Waals surface area contributed by atoms with Crippen LogP contribution in [0.5, 0.6) is 0 Å². The summed E-state index contributed by atoms with van der Waals surface area (Å²) >= 11 is 1.94. The first-order valence-electron chi connectivity index (χ1n) is 8.19. The van der Waals surface area contributed by atoms with E-state index in [4.69, 9.17) is 0 Å². The van der Waals surface area contributed by atoms with Gasteiger partial charge in [-0.2, -0.15) is 0 Å². The van der Waals surface area contributed by atoms with E-state index in [1.165, 1.54) is 37.7 Å². The van der Waals surface area contributed by atoms with Gasteiger partial charge in [-0.1, -0.05) is 24.3 Å². The lowest BCUT2D eigenvalue weighted by atomic mass is 9.74. The number of hydrogen-bond acceptors (Lipinski definition) is 2. The fourth-order valence-electron chi connectivity index (χ4n) is 4.00. The van der Waals surface area contributed by atoms with E-state index in [-0.39, 0.29) is 0 Å². The van der Waals surface area contributed by atoms with Crippen LogP contribution in [0.4, 0.5) is 0 Å². The number of thiophene rings is 1. The van der Waals surface area contributed by atoms with Crippen molar-refractivity contribution < 1.29 is 0 Å². The zero-order valence-electron chi connectivity index (χ0n) is 12.6. The summed E-state index contributed by atoms with van der Waals surface area (Å²) in [7, 11) is 0. The Morgan fingerprint density at radius 3 is 2.81 bits per heavy atom. The summed E-state index contributed by atoms with van der Waals surface area (Å²) in [4.78, 5) is 1.62. The number of rotatable bonds is 3. The Morgan fingerprint density at radius 2 is 1.95 bits per heavy atom. The summed E-state index contributed by atoms with van der Waals surface area (Å²) in [5.74, 6) is 0.772. The van der Waals surface area contributed by atoms with Crippen molar-refractivity contribution in [2.24, 2.45) is 0 Å². The fourth-order valence-corrected chi connectivity index (χ4v) is 4.98. The van der Waals surface area contributed by atoms with Gasteiger partial charge in [-0.05, 0) is 73.1 Å². The molecule has 1 N–H and O–H groups in total. The van der Waals surface area contributed by atoms with Crippen LogP contribution in [0.1, 0.15) is 59.2 Å². The van der Waals surface area contributed by atoms with E-state index in [1.54, 1.807) is 16.0 Å². The minimum atomic E-state index is 0.614. The average Bonchev–Trinajstić information content (AvgIpc) is 2.93. The third-order valence-electron chi connectivity index (χ3n) is 5.26. The SMILES string of the molecule is Cc1ccccc1C1CC(NC2CCCc3sccc32)C1. The molecule has 1 saturated carbocycles. The van der Waals surface area contributed by atoms with E-state index in [1.807, 2.05) is 11.3 Å². The molecule has 1 unspecified atom stereocenters. The van der Waals surface area contributed by atoms with E-state index in [9.17, 15) is 0 Å². The van der Waals surface area contributed by atoms with Crippen molar-refractivity contribution in [3.63, 3.8) is 0 Å². The van der Waals surface area contributed by atoms with E-state index in [2.05, 4.69) is 48.0 Å². The normalized spacial score (nSPS) is 28.0. The Kier molecular flexibility index (Phi) is 3.60. The lowest BCUT2D eigenvalue weighted by Gasteiger charge is -2.40. The molecule has 2 aliphatic rings. The second-order valence-corrected chi connectivity index (χ2v) is 7.63. The molecule has 4 rings (SSSR count). The molecule has 0 radical (unpaired) electrons. The molecule has 0 bridgehead atoms. The number of aryl methyl sites for hydroxylation is 2. The Labute approximate surface area is 131 Å². The van der Waals surface area contributed by atoms with Crippen LogP contribution in [0.3, 0.4) is 0 Å². The topological polar surface area (TPSA) is 12.0 Å². The highest BCUT2D eigenvalue weighted by Gasteiger charge is 2.33. The molecule has 1 aromatic carbocycles. The predicted octanol–water partition coefficient (Wildman–Crippen LogP) is 4.97. The largest absolute Gasteiger partial charge is 0.307 e. The van der Waals surface area contributed by atoms with Crippen LogP contribution in [-0.2, 0) is 6.42 Å². The third kappa shape index (κ3) is 2.56. The smallest absolute Gasteiger partial charge is 0.0333 e. The van der Waals surface area contributed by atoms with Gasteiger partial charge in [-0.15, -0.1) is 11.3 Å². The first kappa shape index (κ1) is 13.5. The summed E-state index contributed by atoms with van der Waals surface area (Å²) in [6.45, 7) is 2.24. The first-order valence-corrected chi connectivity index (χ1v) is 9.07. The van der Waals surface area contributed by atoms with Crippen LogP contribution in [-0.4, -0.2) is 6.04 Å². The number of benzene rings is 1. The summed E-state index contributed by atoms with van der Waals surface area (Å²) in [6, 6.07) is 12.6. The maximum atomic E-state index is 3.92. The van der Waals surface area contributed by atoms with E-state index in [0.717, 1.165) is 5.92 Å². The van der Waals surface area contributed by atoms with Crippen molar-refractivity contribution in [3.05, 3.63) is 57.3 Å². The molecule has 0 spiro atoms. The van der Waals surface area contributed by atoms with Crippen LogP contribution in [0.2, 0.25) is 0 Å². The van der Waals surface area contributed by atoms with Crippen molar-refractivity contribution >= 4 is 11.3 Å². The molecule has 21 heavy (non-hydrogen) atoms. The predicted molar refractivity (Wildman–Crippen MR) is 90.1 cm³/mol. The van der Waals surface area contributed by atoms with E-state index >= 15 is 0 Å². The van der Waals surface area contributed by atoms with Crippen LogP contribution < -0.4 is 5.32 Å². The lowest BCUT2D eigenvalue weighted by Crippen LogP contribution is -2.42. The van der Waals surface area contributed by atoms with Crippen LogP contribution in [0.15, 0.2) is 35.7 Å². The van der Waals surface area contributed by atoms with Crippen molar-refractivity contribution in [1.29, 1.82) is 0 Å². The highest BCUT2D eigenvalue weighted by Crippen LogP contribution is 2.41. The number of hydrogen-bond donors (Lipinski definition) is 1. The Hall–Kier alpha value is -1.12. The summed E-state index contributed by atoms with van der Waals surface area (Å²) in [5.41, 5.74) is 4.61. The Morgan fingerprint density at radius 1 is 1.10 bits per heavy atom. The van der Waals surface area contributed by atoms with Gasteiger partial charge in [-0.3, -0.25) is 0 Å². The van der Waals surface area contributed by atoms with Gasteiger partial charge in [0.25, 0.3) is 0 Å². The van der Waals surface area contributed by atoms with Crippen LogP contribution in [0, 0.1) is 6.92 Å². The molecule has 2 aliphatic carbocycles. The average molecular weight is 297 g/mol. The monoisotopic (exact) mass is 297 g/mol. The lowest BCUT2D eigenvalue weighted by molar-refractivity contribution is 0.255. The van der Waals surface area contributed by atoms with E-state index in [0.29, 0.717) is 12.1 Å². The molecular formula is C19H23NS. The third-order valence-corrected chi connectivity index (χ3v) is 6.25. The van der Waals surface area contributed by atoms with Gasteiger partial charge >= 0.3 is 0 Å². The number of nitrogens with one attached hydrogen (secondary N) is 1. The van der Waals surface area contributed by atoms with Gasteiger partial charge in [0.1, 0.15) is 0 Å². The van der Waals surface area contributed by atoms with Crippen LogP contribution in [0.25, 0.3) is 0 Å². The molecule has 0 saturated heterocycles. The van der Waals surface area contributed by atoms with Crippen LogP contribution >= 0.6 is 11.3 Å². The highest BCUT2D eigenvalue weighted by atomic mass is 32.1. The second-order valence-electron chi connectivity index (χ2n) is 6.63. The summed E-state index contributed by atoms with van der Waals surface area (Å²) in [6.07, 6.45) is 6.57. The van der Waals surface area contributed by atoms with Gasteiger partial charge in [0.2, 0.25) is 0 Å². The molecule has 1 fully saturated rings. The molecule has 0 amide bonds. The molecule has 1 nitrogen and oxygen atoms in total. The van der Waals surface area contributed by atoms with Gasteiger partial charge in [0, 0.05) is 17.0 Å². The highest BCUT2D eigenvalue weighted by molar-refractivity contribution is 7.10. The molecule has 2 heteroatoms. The number of fused-ring (bicyclic) bond motifs is 1. The van der Waals surface area contributed by atoms with Crippen molar-refractivity contribution in [3.8, 4) is 0 Å². The summed E-state index contributed by atoms with van der Waals surface area (Å²) in [5, 5.41) is 6.19. The minimum Gasteiger partial charge on any atom is -0.307 e. The maximum Gasteiger partial charge on any atom is 0.0333 e. The molecular weight excluding hydrogens is 274 g/mol. The van der Waals surface area contributed by atoms with Gasteiger partial charge in [0.15, 0.2) is 0 Å². The molecule has 2 aromatic rings. The molecule has 1 atom stereocenters. The standard InChI is InChI=1S/C19H23NS/c1-13-5-2-3-6-16(13)14-11-15(12-14)20-18-7-4-8-19-17(18)9-10-21-19/h2-3,5-6,9-10,14-15,18,20H,4,7-8,11-12H2,1H3. The Bertz CT molecular complexity index is 624. The zero-order valence-corrected chi connectivity index (χ0v) is 13.5. The van der Waals surface area contributed by atoms with Gasteiger partial charge in [0.05, 0.1) is 0 Å². The first-order chi connectivity index (χ1) is 10.3. The maximum absolute atomic E-state index is 3.92.